The van der Waals surface area contributed by atoms with Crippen molar-refractivity contribution in [3.05, 3.63) is 0 Å². The predicted octanol–water partition coefficient (Wildman–Crippen LogP) is 2.52. The summed E-state index contributed by atoms with van der Waals surface area (Å²) < 4.78 is 0. The molecular formula is C13H27NO. The zero-order valence-corrected chi connectivity index (χ0v) is 10.8. The van der Waals surface area contributed by atoms with Crippen molar-refractivity contribution in [2.24, 2.45) is 11.3 Å². The Morgan fingerprint density at radius 3 is 2.60 bits per heavy atom. The monoisotopic (exact) mass is 213 g/mol. The van der Waals surface area contributed by atoms with Crippen molar-refractivity contribution >= 4 is 0 Å². The van der Waals surface area contributed by atoms with E-state index < -0.39 is 0 Å². The van der Waals surface area contributed by atoms with E-state index in [-0.39, 0.29) is 5.41 Å². The summed E-state index contributed by atoms with van der Waals surface area (Å²) in [6, 6.07) is 0.738. The first kappa shape index (κ1) is 13.0. The summed E-state index contributed by atoms with van der Waals surface area (Å²) in [7, 11) is 0. The quantitative estimate of drug-likeness (QED) is 0.758. The first-order chi connectivity index (χ1) is 7.02. The maximum Gasteiger partial charge on any atom is 0.0496 e. The fraction of sp³-hybridized carbons (Fsp3) is 1.00. The average molecular weight is 213 g/mol. The molecule has 2 atom stereocenters. The second-order valence-electron chi connectivity index (χ2n) is 5.75. The summed E-state index contributed by atoms with van der Waals surface area (Å²) in [6.45, 7) is 11.6. The van der Waals surface area contributed by atoms with Crippen molar-refractivity contribution in [2.75, 3.05) is 19.7 Å². The molecule has 1 saturated heterocycles. The summed E-state index contributed by atoms with van der Waals surface area (Å²) in [4.78, 5) is 2.59. The van der Waals surface area contributed by atoms with Crippen molar-refractivity contribution in [1.29, 1.82) is 0 Å². The van der Waals surface area contributed by atoms with Gasteiger partial charge in [0.2, 0.25) is 0 Å². The summed E-state index contributed by atoms with van der Waals surface area (Å²) in [5.74, 6) is 0.743. The van der Waals surface area contributed by atoms with Gasteiger partial charge in [0.15, 0.2) is 0 Å². The van der Waals surface area contributed by atoms with Crippen LogP contribution in [0.1, 0.15) is 47.0 Å². The lowest BCUT2D eigenvalue weighted by molar-refractivity contribution is 0.0694. The minimum Gasteiger partial charge on any atom is -0.396 e. The van der Waals surface area contributed by atoms with Crippen LogP contribution in [0.4, 0.5) is 0 Å². The highest BCUT2D eigenvalue weighted by molar-refractivity contribution is 4.86. The maximum absolute atomic E-state index is 9.44. The maximum atomic E-state index is 9.44. The van der Waals surface area contributed by atoms with Crippen LogP contribution < -0.4 is 0 Å². The van der Waals surface area contributed by atoms with Gasteiger partial charge in [0.25, 0.3) is 0 Å². The third-order valence-corrected chi connectivity index (χ3v) is 4.00. The molecule has 90 valence electrons. The Kier molecular flexibility index (Phi) is 4.60. The molecule has 1 N–H and O–H groups in total. The van der Waals surface area contributed by atoms with Gasteiger partial charge in [-0.1, -0.05) is 27.7 Å². The zero-order valence-electron chi connectivity index (χ0n) is 10.8. The molecule has 2 heteroatoms. The van der Waals surface area contributed by atoms with Crippen LogP contribution in [0.25, 0.3) is 0 Å². The molecule has 1 rings (SSSR count). The number of aliphatic hydroxyl groups is 1. The van der Waals surface area contributed by atoms with Gasteiger partial charge in [-0.2, -0.15) is 0 Å². The molecule has 1 heterocycles. The van der Waals surface area contributed by atoms with Crippen LogP contribution >= 0.6 is 0 Å². The van der Waals surface area contributed by atoms with Gasteiger partial charge >= 0.3 is 0 Å². The van der Waals surface area contributed by atoms with E-state index in [2.05, 4.69) is 32.6 Å². The SMILES string of the molecule is CCC(C)(CO)CN1CCCC1C(C)C. The molecule has 0 aromatic carbocycles. The highest BCUT2D eigenvalue weighted by atomic mass is 16.3. The lowest BCUT2D eigenvalue weighted by atomic mass is 9.87. The molecule has 2 unspecified atom stereocenters. The van der Waals surface area contributed by atoms with E-state index in [1.54, 1.807) is 0 Å². The number of hydrogen-bond donors (Lipinski definition) is 1. The predicted molar refractivity (Wildman–Crippen MR) is 64.9 cm³/mol. The average Bonchev–Trinajstić information content (AvgIpc) is 2.65. The minimum absolute atomic E-state index is 0.0947. The summed E-state index contributed by atoms with van der Waals surface area (Å²) in [5.41, 5.74) is 0.0947. The first-order valence-electron chi connectivity index (χ1n) is 6.37. The van der Waals surface area contributed by atoms with Crippen LogP contribution in [0.2, 0.25) is 0 Å². The van der Waals surface area contributed by atoms with Gasteiger partial charge in [0, 0.05) is 24.6 Å². The zero-order chi connectivity index (χ0) is 11.5. The minimum atomic E-state index is 0.0947. The van der Waals surface area contributed by atoms with Gasteiger partial charge in [-0.05, 0) is 31.7 Å². The lowest BCUT2D eigenvalue weighted by Crippen LogP contribution is -2.42. The van der Waals surface area contributed by atoms with Crippen LogP contribution in [0.5, 0.6) is 0 Å². The Hall–Kier alpha value is -0.0800. The summed E-state index contributed by atoms with van der Waals surface area (Å²) in [5, 5.41) is 9.44. The molecule has 2 nitrogen and oxygen atoms in total. The smallest absolute Gasteiger partial charge is 0.0496 e. The highest BCUT2D eigenvalue weighted by Gasteiger charge is 2.32. The van der Waals surface area contributed by atoms with E-state index in [0.29, 0.717) is 6.61 Å². The molecular weight excluding hydrogens is 186 g/mol. The Labute approximate surface area is 94.7 Å². The van der Waals surface area contributed by atoms with Gasteiger partial charge in [-0.25, -0.2) is 0 Å². The van der Waals surface area contributed by atoms with Crippen molar-refractivity contribution in [2.45, 2.75) is 53.0 Å². The van der Waals surface area contributed by atoms with Crippen LogP contribution in [0.15, 0.2) is 0 Å². The lowest BCUT2D eigenvalue weighted by Gasteiger charge is -2.36. The van der Waals surface area contributed by atoms with E-state index in [0.717, 1.165) is 24.9 Å². The molecule has 0 amide bonds. The molecule has 0 spiro atoms. The largest absolute Gasteiger partial charge is 0.396 e. The second kappa shape index (κ2) is 5.31. The number of hydrogen-bond acceptors (Lipinski definition) is 2. The van der Waals surface area contributed by atoms with Gasteiger partial charge in [-0.15, -0.1) is 0 Å². The molecule has 1 aliphatic heterocycles. The number of rotatable bonds is 5. The Morgan fingerprint density at radius 1 is 1.47 bits per heavy atom. The molecule has 0 aromatic rings. The molecule has 0 radical (unpaired) electrons. The standard InChI is InChI=1S/C13H27NO/c1-5-13(4,10-15)9-14-8-6-7-12(14)11(2)3/h11-12,15H,5-10H2,1-4H3. The number of aliphatic hydroxyl groups excluding tert-OH is 1. The molecule has 0 bridgehead atoms. The van der Waals surface area contributed by atoms with E-state index in [4.69, 9.17) is 0 Å². The van der Waals surface area contributed by atoms with Gasteiger partial charge in [0.05, 0.1) is 0 Å². The Bertz CT molecular complexity index is 187. The molecule has 15 heavy (non-hydrogen) atoms. The molecule has 0 aromatic heterocycles. The van der Waals surface area contributed by atoms with Gasteiger partial charge < -0.3 is 5.11 Å². The van der Waals surface area contributed by atoms with Crippen molar-refractivity contribution in [3.8, 4) is 0 Å². The molecule has 1 fully saturated rings. The molecule has 0 aliphatic carbocycles. The Balaban J connectivity index is 2.56. The van der Waals surface area contributed by atoms with E-state index in [1.165, 1.54) is 19.4 Å². The summed E-state index contributed by atoms with van der Waals surface area (Å²) in [6.07, 6.45) is 3.72. The normalized spacial score (nSPS) is 27.2. The van der Waals surface area contributed by atoms with Crippen molar-refractivity contribution in [3.63, 3.8) is 0 Å². The van der Waals surface area contributed by atoms with Crippen molar-refractivity contribution in [1.82, 2.24) is 4.90 Å². The first-order valence-corrected chi connectivity index (χ1v) is 6.37. The highest BCUT2D eigenvalue weighted by Crippen LogP contribution is 2.29. The van der Waals surface area contributed by atoms with E-state index in [9.17, 15) is 5.11 Å². The topological polar surface area (TPSA) is 23.5 Å². The van der Waals surface area contributed by atoms with Crippen LogP contribution in [-0.4, -0.2) is 35.7 Å². The molecule has 1 aliphatic rings. The summed E-state index contributed by atoms with van der Waals surface area (Å²) >= 11 is 0. The van der Waals surface area contributed by atoms with Gasteiger partial charge in [-0.3, -0.25) is 4.90 Å². The second-order valence-corrected chi connectivity index (χ2v) is 5.75. The van der Waals surface area contributed by atoms with Crippen LogP contribution in [0.3, 0.4) is 0 Å². The third kappa shape index (κ3) is 3.18. The number of likely N-dealkylation sites (tertiary alicyclic amines) is 1. The van der Waals surface area contributed by atoms with Crippen LogP contribution in [-0.2, 0) is 0 Å². The third-order valence-electron chi connectivity index (χ3n) is 4.00. The fourth-order valence-electron chi connectivity index (χ4n) is 2.57. The van der Waals surface area contributed by atoms with E-state index >= 15 is 0 Å². The number of nitrogens with zero attached hydrogens (tertiary/aromatic N) is 1. The van der Waals surface area contributed by atoms with Gasteiger partial charge in [0.1, 0.15) is 0 Å². The van der Waals surface area contributed by atoms with E-state index in [1.807, 2.05) is 0 Å². The fourth-order valence-corrected chi connectivity index (χ4v) is 2.57. The molecule has 0 saturated carbocycles. The van der Waals surface area contributed by atoms with Crippen LogP contribution in [0, 0.1) is 11.3 Å². The Morgan fingerprint density at radius 2 is 2.13 bits per heavy atom. The van der Waals surface area contributed by atoms with Crippen molar-refractivity contribution < 1.29 is 5.11 Å².